The van der Waals surface area contributed by atoms with E-state index in [2.05, 4.69) is 77.2 Å². The lowest BCUT2D eigenvalue weighted by Gasteiger charge is -2.28. The molecular formula is C27H37ClN2O2S. The smallest absolute Gasteiger partial charge is 0.237 e. The van der Waals surface area contributed by atoms with Crippen LogP contribution in [0.5, 0.6) is 5.75 Å². The molecule has 0 unspecified atom stereocenters. The van der Waals surface area contributed by atoms with Gasteiger partial charge in [0, 0.05) is 30.8 Å². The zero-order chi connectivity index (χ0) is 23.5. The van der Waals surface area contributed by atoms with Gasteiger partial charge in [-0.15, -0.1) is 12.4 Å². The van der Waals surface area contributed by atoms with Crippen molar-refractivity contribution in [1.82, 2.24) is 10.2 Å². The molecule has 0 atom stereocenters. The molecule has 0 spiro atoms. The average Bonchev–Trinajstić information content (AvgIpc) is 3.05. The van der Waals surface area contributed by atoms with E-state index in [9.17, 15) is 9.90 Å². The van der Waals surface area contributed by atoms with Gasteiger partial charge in [-0.1, -0.05) is 83.6 Å². The molecule has 2 aromatic carbocycles. The van der Waals surface area contributed by atoms with E-state index in [-0.39, 0.29) is 29.1 Å². The summed E-state index contributed by atoms with van der Waals surface area (Å²) in [5, 5.41) is 15.4. The van der Waals surface area contributed by atoms with Crippen LogP contribution in [0, 0.1) is 0 Å². The Morgan fingerprint density at radius 1 is 1.03 bits per heavy atom. The lowest BCUT2D eigenvalue weighted by Crippen LogP contribution is -2.32. The topological polar surface area (TPSA) is 52.6 Å². The second-order valence-corrected chi connectivity index (χ2v) is 11.4. The van der Waals surface area contributed by atoms with Crippen molar-refractivity contribution in [3.8, 4) is 5.75 Å². The van der Waals surface area contributed by atoms with Crippen LogP contribution in [-0.2, 0) is 22.2 Å². The van der Waals surface area contributed by atoms with Crippen LogP contribution in [0.3, 0.4) is 0 Å². The van der Waals surface area contributed by atoms with Crippen molar-refractivity contribution in [3.05, 3.63) is 69.7 Å². The molecule has 0 saturated carbocycles. The fourth-order valence-corrected chi connectivity index (χ4v) is 4.81. The largest absolute Gasteiger partial charge is 0.507 e. The Hall–Kier alpha value is -1.95. The van der Waals surface area contributed by atoms with Gasteiger partial charge < -0.3 is 15.3 Å². The number of hydrogen-bond acceptors (Lipinski definition) is 4. The Morgan fingerprint density at radius 3 is 2.15 bits per heavy atom. The third-order valence-electron chi connectivity index (χ3n) is 5.63. The number of phenolic OH excluding ortho intramolecular Hbond substituents is 1. The predicted octanol–water partition coefficient (Wildman–Crippen LogP) is 6.07. The second kappa shape index (κ2) is 11.0. The average molecular weight is 489 g/mol. The van der Waals surface area contributed by atoms with E-state index in [0.717, 1.165) is 34.8 Å². The zero-order valence-corrected chi connectivity index (χ0v) is 22.2. The molecule has 33 heavy (non-hydrogen) atoms. The first kappa shape index (κ1) is 27.3. The number of benzene rings is 2. The maximum absolute atomic E-state index is 12.5. The van der Waals surface area contributed by atoms with Gasteiger partial charge in [-0.3, -0.25) is 4.79 Å². The molecule has 180 valence electrons. The number of aromatic hydroxyl groups is 1. The highest BCUT2D eigenvalue weighted by Gasteiger charge is 2.28. The molecule has 1 aliphatic heterocycles. The Bertz CT molecular complexity index is 956. The molecule has 1 saturated heterocycles. The fourth-order valence-electron chi connectivity index (χ4n) is 3.81. The first-order valence-electron chi connectivity index (χ1n) is 11.2. The minimum absolute atomic E-state index is 0. The highest BCUT2D eigenvalue weighted by atomic mass is 35.5. The van der Waals surface area contributed by atoms with Crippen LogP contribution in [-0.4, -0.2) is 34.8 Å². The number of carbonyl (C=O) groups is 1. The van der Waals surface area contributed by atoms with Crippen molar-refractivity contribution in [2.24, 2.45) is 0 Å². The number of thioether (sulfide) groups is 1. The maximum Gasteiger partial charge on any atom is 0.237 e. The van der Waals surface area contributed by atoms with Gasteiger partial charge >= 0.3 is 0 Å². The van der Waals surface area contributed by atoms with Gasteiger partial charge in [-0.25, -0.2) is 0 Å². The van der Waals surface area contributed by atoms with E-state index < -0.39 is 0 Å². The Balaban J connectivity index is 0.00000385. The van der Waals surface area contributed by atoms with Gasteiger partial charge in [-0.2, -0.15) is 0 Å². The summed E-state index contributed by atoms with van der Waals surface area (Å²) >= 11 is 1.59. The monoisotopic (exact) mass is 488 g/mol. The minimum Gasteiger partial charge on any atom is -0.507 e. The highest BCUT2D eigenvalue weighted by Crippen LogP contribution is 2.41. The van der Waals surface area contributed by atoms with Crippen LogP contribution in [0.25, 0.3) is 6.08 Å². The van der Waals surface area contributed by atoms with Crippen molar-refractivity contribution in [1.29, 1.82) is 0 Å². The van der Waals surface area contributed by atoms with E-state index >= 15 is 0 Å². The summed E-state index contributed by atoms with van der Waals surface area (Å²) in [5.74, 6) is 0.999. The summed E-state index contributed by atoms with van der Waals surface area (Å²) in [4.78, 5) is 14.4. The molecule has 6 heteroatoms. The van der Waals surface area contributed by atoms with Gasteiger partial charge in [0.15, 0.2) is 0 Å². The normalized spacial score (nSPS) is 15.8. The summed E-state index contributed by atoms with van der Waals surface area (Å²) in [6, 6.07) is 14.4. The molecule has 2 N–H and O–H groups in total. The van der Waals surface area contributed by atoms with Crippen molar-refractivity contribution < 1.29 is 9.90 Å². The number of phenols is 1. The summed E-state index contributed by atoms with van der Waals surface area (Å²) in [6.45, 7) is 14.8. The number of halogens is 1. The summed E-state index contributed by atoms with van der Waals surface area (Å²) in [6.07, 6.45) is 2.09. The number of hydrogen-bond donors (Lipinski definition) is 2. The van der Waals surface area contributed by atoms with Crippen molar-refractivity contribution >= 4 is 36.2 Å². The van der Waals surface area contributed by atoms with E-state index in [0.29, 0.717) is 18.0 Å². The lowest BCUT2D eigenvalue weighted by atomic mass is 9.78. The molecule has 4 nitrogen and oxygen atoms in total. The number of nitrogens with zero attached hydrogens (tertiary/aromatic N) is 1. The maximum atomic E-state index is 12.5. The summed E-state index contributed by atoms with van der Waals surface area (Å²) in [5.41, 5.74) is 3.76. The SMILES string of the molecule is CC(C)(C)c1cc(C=C2SCC(=O)N2CCNCc2ccccc2)cc(C(C)(C)C)c1O.Cl. The third-order valence-corrected chi connectivity index (χ3v) is 6.66. The van der Waals surface area contributed by atoms with Gasteiger partial charge in [0.2, 0.25) is 5.91 Å². The molecule has 0 bridgehead atoms. The van der Waals surface area contributed by atoms with E-state index in [1.54, 1.807) is 11.8 Å². The molecule has 2 aromatic rings. The van der Waals surface area contributed by atoms with Crippen LogP contribution >= 0.6 is 24.2 Å². The number of rotatable bonds is 6. The molecule has 1 aliphatic rings. The first-order valence-corrected chi connectivity index (χ1v) is 12.2. The van der Waals surface area contributed by atoms with Crippen LogP contribution in [0.2, 0.25) is 0 Å². The molecule has 1 amide bonds. The molecule has 0 aromatic heterocycles. The molecule has 0 aliphatic carbocycles. The van der Waals surface area contributed by atoms with Crippen molar-refractivity contribution in [2.75, 3.05) is 18.8 Å². The zero-order valence-electron chi connectivity index (χ0n) is 20.6. The van der Waals surface area contributed by atoms with Crippen LogP contribution in [0.1, 0.15) is 63.8 Å². The lowest BCUT2D eigenvalue weighted by molar-refractivity contribution is -0.125. The van der Waals surface area contributed by atoms with Gasteiger partial charge in [0.1, 0.15) is 5.75 Å². The number of carbonyl (C=O) groups excluding carboxylic acids is 1. The Kier molecular flexibility index (Phi) is 9.09. The molecular weight excluding hydrogens is 452 g/mol. The molecule has 1 fully saturated rings. The van der Waals surface area contributed by atoms with Crippen molar-refractivity contribution in [3.63, 3.8) is 0 Å². The number of amides is 1. The quantitative estimate of drug-likeness (QED) is 0.484. The van der Waals surface area contributed by atoms with Crippen LogP contribution in [0.4, 0.5) is 0 Å². The highest BCUT2D eigenvalue weighted by molar-refractivity contribution is 8.04. The van der Waals surface area contributed by atoms with Crippen LogP contribution < -0.4 is 5.32 Å². The second-order valence-electron chi connectivity index (χ2n) is 10.4. The third kappa shape index (κ3) is 7.02. The van der Waals surface area contributed by atoms with Gasteiger partial charge in [-0.05, 0) is 40.2 Å². The van der Waals surface area contributed by atoms with E-state index in [1.165, 1.54) is 5.56 Å². The van der Waals surface area contributed by atoms with E-state index in [1.807, 2.05) is 23.1 Å². The standard InChI is InChI=1S/C27H36N2O2S.ClH/c1-26(2,3)21-14-20(15-22(25(21)31)27(4,5)6)16-24-29(23(30)18-32-24)13-12-28-17-19-10-8-7-9-11-19;/h7-11,14-16,28,31H,12-13,17-18H2,1-6H3;1H. The predicted molar refractivity (Wildman–Crippen MR) is 143 cm³/mol. The fraction of sp³-hybridized carbons (Fsp3) is 0.444. The Morgan fingerprint density at radius 2 is 1.61 bits per heavy atom. The molecule has 3 rings (SSSR count). The Labute approximate surface area is 209 Å². The molecule has 1 heterocycles. The minimum atomic E-state index is -0.182. The van der Waals surface area contributed by atoms with Gasteiger partial charge in [0.25, 0.3) is 0 Å². The first-order chi connectivity index (χ1) is 15.0. The van der Waals surface area contributed by atoms with E-state index in [4.69, 9.17) is 0 Å². The van der Waals surface area contributed by atoms with Gasteiger partial charge in [0.05, 0.1) is 10.8 Å². The van der Waals surface area contributed by atoms with Crippen molar-refractivity contribution in [2.45, 2.75) is 58.9 Å². The van der Waals surface area contributed by atoms with Crippen LogP contribution in [0.15, 0.2) is 47.5 Å². The molecule has 0 radical (unpaired) electrons. The number of nitrogens with one attached hydrogen (secondary N) is 1. The summed E-state index contributed by atoms with van der Waals surface area (Å²) < 4.78 is 0. The summed E-state index contributed by atoms with van der Waals surface area (Å²) in [7, 11) is 0.